The van der Waals surface area contributed by atoms with Gasteiger partial charge in [-0.3, -0.25) is 9.69 Å². The Morgan fingerprint density at radius 2 is 2.10 bits per heavy atom. The molecule has 0 aliphatic carbocycles. The number of halogens is 1. The summed E-state index contributed by atoms with van der Waals surface area (Å²) in [5.41, 5.74) is 0.761. The molecule has 1 aromatic carbocycles. The third-order valence-corrected chi connectivity index (χ3v) is 3.03. The van der Waals surface area contributed by atoms with Crippen LogP contribution in [0.4, 0.5) is 0 Å². The summed E-state index contributed by atoms with van der Waals surface area (Å²) in [4.78, 5) is 12.9. The Bertz CT molecular complexity index is 421. The summed E-state index contributed by atoms with van der Waals surface area (Å²) in [7, 11) is 0. The van der Waals surface area contributed by atoms with Crippen LogP contribution in [0.5, 0.6) is 5.75 Å². The van der Waals surface area contributed by atoms with E-state index >= 15 is 0 Å². The van der Waals surface area contributed by atoms with Crippen molar-refractivity contribution in [3.63, 3.8) is 0 Å². The molecule has 0 atom stereocenters. The maximum atomic E-state index is 10.6. The highest BCUT2D eigenvalue weighted by atomic mass is 35.5. The molecule has 1 aliphatic heterocycles. The van der Waals surface area contributed by atoms with E-state index in [9.17, 15) is 4.79 Å². The van der Waals surface area contributed by atoms with Gasteiger partial charge in [-0.2, -0.15) is 0 Å². The number of morpholine rings is 1. The van der Waals surface area contributed by atoms with Crippen molar-refractivity contribution in [1.82, 2.24) is 4.90 Å². The highest BCUT2D eigenvalue weighted by Gasteiger charge is 2.09. The molecular formula is C14H20ClNO4. The number of carboxylic acids is 1. The highest BCUT2D eigenvalue weighted by Crippen LogP contribution is 2.14. The summed E-state index contributed by atoms with van der Waals surface area (Å²) in [6.45, 7) is 4.94. The van der Waals surface area contributed by atoms with Gasteiger partial charge in [0, 0.05) is 19.6 Å². The van der Waals surface area contributed by atoms with Crippen molar-refractivity contribution in [1.29, 1.82) is 0 Å². The first-order valence-corrected chi connectivity index (χ1v) is 6.48. The summed E-state index contributed by atoms with van der Waals surface area (Å²) >= 11 is 0. The van der Waals surface area contributed by atoms with Crippen molar-refractivity contribution >= 4 is 18.4 Å². The largest absolute Gasteiger partial charge is 0.492 e. The van der Waals surface area contributed by atoms with Gasteiger partial charge in [-0.1, -0.05) is 12.1 Å². The normalized spacial score (nSPS) is 15.4. The average Bonchev–Trinajstić information content (AvgIpc) is 2.40. The number of hydrogen-bond donors (Lipinski definition) is 1. The third-order valence-electron chi connectivity index (χ3n) is 3.03. The number of rotatable bonds is 6. The summed E-state index contributed by atoms with van der Waals surface area (Å²) < 4.78 is 10.9. The zero-order chi connectivity index (χ0) is 13.5. The zero-order valence-corrected chi connectivity index (χ0v) is 12.1. The van der Waals surface area contributed by atoms with Crippen LogP contribution in [0, 0.1) is 0 Å². The molecule has 1 aliphatic rings. The fourth-order valence-electron chi connectivity index (χ4n) is 2.04. The maximum Gasteiger partial charge on any atom is 0.307 e. The topological polar surface area (TPSA) is 59.0 Å². The second-order valence-corrected chi connectivity index (χ2v) is 4.52. The monoisotopic (exact) mass is 301 g/mol. The van der Waals surface area contributed by atoms with Crippen LogP contribution in [-0.2, 0) is 16.0 Å². The predicted octanol–water partition coefficient (Wildman–Crippen LogP) is 1.45. The van der Waals surface area contributed by atoms with Gasteiger partial charge < -0.3 is 14.6 Å². The minimum atomic E-state index is -0.828. The summed E-state index contributed by atoms with van der Waals surface area (Å²) in [5, 5.41) is 8.74. The molecule has 0 spiro atoms. The van der Waals surface area contributed by atoms with E-state index in [0.29, 0.717) is 6.61 Å². The average molecular weight is 302 g/mol. The molecule has 1 aromatic rings. The van der Waals surface area contributed by atoms with Crippen LogP contribution in [0.1, 0.15) is 5.56 Å². The number of carbonyl (C=O) groups is 1. The van der Waals surface area contributed by atoms with E-state index in [0.717, 1.165) is 44.2 Å². The fourth-order valence-corrected chi connectivity index (χ4v) is 2.04. The smallest absolute Gasteiger partial charge is 0.307 e. The predicted molar refractivity (Wildman–Crippen MR) is 77.8 cm³/mol. The van der Waals surface area contributed by atoms with E-state index in [1.54, 1.807) is 12.1 Å². The Morgan fingerprint density at radius 3 is 2.80 bits per heavy atom. The number of aliphatic carboxylic acids is 1. The van der Waals surface area contributed by atoms with Crippen LogP contribution >= 0.6 is 12.4 Å². The minimum Gasteiger partial charge on any atom is -0.492 e. The van der Waals surface area contributed by atoms with Crippen LogP contribution in [-0.4, -0.2) is 55.4 Å². The first-order valence-electron chi connectivity index (χ1n) is 6.48. The Kier molecular flexibility index (Phi) is 7.36. The van der Waals surface area contributed by atoms with E-state index in [-0.39, 0.29) is 18.8 Å². The molecule has 0 radical (unpaired) electrons. The number of ether oxygens (including phenoxy) is 2. The van der Waals surface area contributed by atoms with Gasteiger partial charge in [0.25, 0.3) is 0 Å². The Morgan fingerprint density at radius 1 is 1.35 bits per heavy atom. The first-order chi connectivity index (χ1) is 9.24. The quantitative estimate of drug-likeness (QED) is 0.862. The molecule has 20 heavy (non-hydrogen) atoms. The summed E-state index contributed by atoms with van der Waals surface area (Å²) in [6, 6.07) is 7.25. The second-order valence-electron chi connectivity index (χ2n) is 4.52. The molecule has 0 saturated carbocycles. The van der Waals surface area contributed by atoms with Crippen molar-refractivity contribution in [2.24, 2.45) is 0 Å². The molecule has 1 heterocycles. The molecule has 1 saturated heterocycles. The molecule has 0 amide bonds. The molecule has 0 bridgehead atoms. The fraction of sp³-hybridized carbons (Fsp3) is 0.500. The standard InChI is InChI=1S/C14H19NO4.ClH/c16-14(17)11-12-2-1-3-13(10-12)19-9-6-15-4-7-18-8-5-15;/h1-3,10H,4-9,11H2,(H,16,17);1H. The number of benzene rings is 1. The van der Waals surface area contributed by atoms with E-state index in [2.05, 4.69) is 4.90 Å². The van der Waals surface area contributed by atoms with Crippen molar-refractivity contribution in [3.8, 4) is 5.75 Å². The number of hydrogen-bond acceptors (Lipinski definition) is 4. The van der Waals surface area contributed by atoms with Gasteiger partial charge >= 0.3 is 5.97 Å². The summed E-state index contributed by atoms with van der Waals surface area (Å²) in [5.74, 6) is -0.0996. The Labute approximate surface area is 124 Å². The van der Waals surface area contributed by atoms with Crippen molar-refractivity contribution in [3.05, 3.63) is 29.8 Å². The lowest BCUT2D eigenvalue weighted by molar-refractivity contribution is -0.136. The van der Waals surface area contributed by atoms with E-state index in [1.165, 1.54) is 0 Å². The number of nitrogens with zero attached hydrogens (tertiary/aromatic N) is 1. The lowest BCUT2D eigenvalue weighted by Gasteiger charge is -2.26. The third kappa shape index (κ3) is 5.77. The molecule has 0 unspecified atom stereocenters. The molecule has 6 heteroatoms. The number of carboxylic acid groups (broad SMARTS) is 1. The van der Waals surface area contributed by atoms with E-state index in [1.807, 2.05) is 12.1 Å². The highest BCUT2D eigenvalue weighted by molar-refractivity contribution is 5.85. The van der Waals surface area contributed by atoms with Crippen LogP contribution in [0.3, 0.4) is 0 Å². The molecular weight excluding hydrogens is 282 g/mol. The lowest BCUT2D eigenvalue weighted by atomic mass is 10.1. The molecule has 5 nitrogen and oxygen atoms in total. The van der Waals surface area contributed by atoms with Crippen LogP contribution in [0.2, 0.25) is 0 Å². The molecule has 112 valence electrons. The van der Waals surface area contributed by atoms with Gasteiger partial charge in [0.2, 0.25) is 0 Å². The lowest BCUT2D eigenvalue weighted by Crippen LogP contribution is -2.38. The molecule has 2 rings (SSSR count). The SMILES string of the molecule is Cl.O=C(O)Cc1cccc(OCCN2CCOCC2)c1. The van der Waals surface area contributed by atoms with Crippen LogP contribution < -0.4 is 4.74 Å². The van der Waals surface area contributed by atoms with Crippen LogP contribution in [0.25, 0.3) is 0 Å². The second kappa shape index (κ2) is 8.79. The van der Waals surface area contributed by atoms with Gasteiger partial charge in [-0.05, 0) is 17.7 Å². The van der Waals surface area contributed by atoms with Gasteiger partial charge in [0.1, 0.15) is 12.4 Å². The van der Waals surface area contributed by atoms with E-state index in [4.69, 9.17) is 14.6 Å². The van der Waals surface area contributed by atoms with Crippen LogP contribution in [0.15, 0.2) is 24.3 Å². The summed E-state index contributed by atoms with van der Waals surface area (Å²) in [6.07, 6.45) is 0.0284. The Balaban J connectivity index is 0.00000200. The van der Waals surface area contributed by atoms with E-state index < -0.39 is 5.97 Å². The molecule has 1 N–H and O–H groups in total. The molecule has 0 aromatic heterocycles. The maximum absolute atomic E-state index is 10.6. The zero-order valence-electron chi connectivity index (χ0n) is 11.3. The first kappa shape index (κ1) is 16.8. The Hall–Kier alpha value is -1.30. The van der Waals surface area contributed by atoms with Gasteiger partial charge in [0.05, 0.1) is 19.6 Å². The van der Waals surface area contributed by atoms with Crippen molar-refractivity contribution < 1.29 is 19.4 Å². The van der Waals surface area contributed by atoms with Gasteiger partial charge in [-0.15, -0.1) is 12.4 Å². The molecule has 1 fully saturated rings. The van der Waals surface area contributed by atoms with Crippen molar-refractivity contribution in [2.75, 3.05) is 39.5 Å². The van der Waals surface area contributed by atoms with Gasteiger partial charge in [0.15, 0.2) is 0 Å². The minimum absolute atomic E-state index is 0. The van der Waals surface area contributed by atoms with Crippen molar-refractivity contribution in [2.45, 2.75) is 6.42 Å². The van der Waals surface area contributed by atoms with Gasteiger partial charge in [-0.25, -0.2) is 0 Å².